The number of ether oxygens (including phenoxy) is 1. The van der Waals surface area contributed by atoms with Gasteiger partial charge in [0.15, 0.2) is 15.6 Å². The van der Waals surface area contributed by atoms with Crippen LogP contribution in [0.5, 0.6) is 5.88 Å². The Labute approximate surface area is 217 Å². The predicted octanol–water partition coefficient (Wildman–Crippen LogP) is 5.24. The molecule has 4 rings (SSSR count). The van der Waals surface area contributed by atoms with E-state index in [1.165, 1.54) is 22.9 Å². The van der Waals surface area contributed by atoms with Crippen LogP contribution in [0.15, 0.2) is 77.7 Å². The van der Waals surface area contributed by atoms with Gasteiger partial charge in [-0.15, -0.1) is 5.10 Å². The number of nitrogens with two attached hydrogens (primary N) is 1. The molecule has 1 heterocycles. The monoisotopic (exact) mass is 517 g/mol. The zero-order chi connectivity index (χ0) is 26.7. The molecule has 3 aromatic carbocycles. The van der Waals surface area contributed by atoms with E-state index in [0.29, 0.717) is 12.2 Å². The summed E-state index contributed by atoms with van der Waals surface area (Å²) in [5.74, 6) is -1.02. The molecule has 7 nitrogen and oxygen atoms in total. The Balaban J connectivity index is 1.69. The van der Waals surface area contributed by atoms with Crippen LogP contribution in [0.3, 0.4) is 0 Å². The van der Waals surface area contributed by atoms with E-state index in [-0.39, 0.29) is 22.6 Å². The quantitative estimate of drug-likeness (QED) is 0.241. The molecule has 1 unspecified atom stereocenters. The molecule has 8 heteroatoms. The number of benzene rings is 3. The molecule has 0 bridgehead atoms. The van der Waals surface area contributed by atoms with Crippen molar-refractivity contribution in [1.29, 1.82) is 0 Å². The molecule has 0 spiro atoms. The van der Waals surface area contributed by atoms with Crippen LogP contribution in [0.2, 0.25) is 0 Å². The minimum absolute atomic E-state index is 0.00584. The summed E-state index contributed by atoms with van der Waals surface area (Å²) in [7, 11) is -3.91. The number of sulfone groups is 1. The Kier molecular flexibility index (Phi) is 7.50. The minimum atomic E-state index is -3.91. The number of hydrogen-bond acceptors (Lipinski definition) is 6. The van der Waals surface area contributed by atoms with E-state index in [1.54, 1.807) is 12.1 Å². The molecule has 0 aliphatic rings. The highest BCUT2D eigenvalue weighted by atomic mass is 32.2. The van der Waals surface area contributed by atoms with Gasteiger partial charge in [0, 0.05) is 11.8 Å². The van der Waals surface area contributed by atoms with E-state index in [2.05, 4.69) is 17.2 Å². The third-order valence-electron chi connectivity index (χ3n) is 6.30. The topological polar surface area (TPSA) is 104 Å². The van der Waals surface area contributed by atoms with Crippen molar-refractivity contribution in [2.75, 3.05) is 11.5 Å². The average molecular weight is 518 g/mol. The van der Waals surface area contributed by atoms with Crippen LogP contribution in [0.1, 0.15) is 51.3 Å². The summed E-state index contributed by atoms with van der Waals surface area (Å²) in [6, 6.07) is 21.3. The zero-order valence-corrected chi connectivity index (χ0v) is 22.2. The highest BCUT2D eigenvalue weighted by Gasteiger charge is 2.25. The van der Waals surface area contributed by atoms with E-state index >= 15 is 0 Å². The minimum Gasteiger partial charge on any atom is -0.469 e. The number of nitrogen functional groups attached to an aromatic ring is 1. The van der Waals surface area contributed by atoms with Gasteiger partial charge in [-0.1, -0.05) is 54.1 Å². The van der Waals surface area contributed by atoms with Crippen LogP contribution in [0.25, 0.3) is 0 Å². The summed E-state index contributed by atoms with van der Waals surface area (Å²) in [6.07, 6.45) is -0.314. The lowest BCUT2D eigenvalue weighted by molar-refractivity contribution is 0.101. The summed E-state index contributed by atoms with van der Waals surface area (Å²) >= 11 is 0. The molecule has 2 N–H and O–H groups in total. The number of rotatable bonds is 9. The van der Waals surface area contributed by atoms with E-state index in [9.17, 15) is 13.2 Å². The van der Waals surface area contributed by atoms with Gasteiger partial charge in [-0.2, -0.15) is 0 Å². The first-order valence-corrected chi connectivity index (χ1v) is 13.7. The first kappa shape index (κ1) is 26.2. The van der Waals surface area contributed by atoms with Crippen molar-refractivity contribution in [3.8, 4) is 5.88 Å². The molecule has 37 heavy (non-hydrogen) atoms. The van der Waals surface area contributed by atoms with Gasteiger partial charge < -0.3 is 10.5 Å². The predicted molar refractivity (Wildman–Crippen MR) is 145 cm³/mol. The third-order valence-corrected chi connectivity index (χ3v) is 7.91. The molecule has 0 saturated heterocycles. The fraction of sp³-hybridized carbons (Fsp3) is 0.241. The van der Waals surface area contributed by atoms with Crippen molar-refractivity contribution in [3.05, 3.63) is 106 Å². The maximum Gasteiger partial charge on any atom is 0.234 e. The normalized spacial score (nSPS) is 12.3. The highest BCUT2D eigenvalue weighted by molar-refractivity contribution is 7.92. The van der Waals surface area contributed by atoms with E-state index < -0.39 is 21.4 Å². The first-order chi connectivity index (χ1) is 17.5. The number of carbonyl (C=O) groups is 1. The van der Waals surface area contributed by atoms with E-state index in [0.717, 1.165) is 27.8 Å². The number of aromatic nitrogens is 2. The summed E-state index contributed by atoms with van der Waals surface area (Å²) in [5.41, 5.74) is 11.5. The molecule has 0 amide bonds. The molecule has 1 aromatic heterocycles. The number of hydrogen-bond donors (Lipinski definition) is 1. The largest absolute Gasteiger partial charge is 0.469 e. The molecule has 0 aliphatic carbocycles. The number of carbonyl (C=O) groups excluding carboxylic acids is 1. The van der Waals surface area contributed by atoms with Crippen LogP contribution in [0, 0.1) is 20.8 Å². The summed E-state index contributed by atoms with van der Waals surface area (Å²) in [5, 5.41) is 4.57. The standard InChI is InChI=1S/C29H31N3O4S/c1-19-13-20(2)26(21(3)14-19)17-32-27(16-29(31-32)36-22(4)23-9-6-5-7-10-23)28(33)18-37(34,35)25-12-8-11-24(30)15-25/h5-16,22H,17-18,30H2,1-4H3. The second kappa shape index (κ2) is 10.6. The molecule has 192 valence electrons. The molecule has 1 atom stereocenters. The number of Topliss-reactive ketones (excluding diaryl/α,β-unsaturated/α-hetero) is 1. The van der Waals surface area contributed by atoms with Gasteiger partial charge in [0.25, 0.3) is 0 Å². The molecule has 0 radical (unpaired) electrons. The average Bonchev–Trinajstić information content (AvgIpc) is 3.24. The van der Waals surface area contributed by atoms with Crippen molar-refractivity contribution < 1.29 is 17.9 Å². The maximum absolute atomic E-state index is 13.4. The van der Waals surface area contributed by atoms with Gasteiger partial charge in [-0.05, 0) is 68.1 Å². The summed E-state index contributed by atoms with van der Waals surface area (Å²) < 4.78 is 33.6. The van der Waals surface area contributed by atoms with E-state index in [1.807, 2.05) is 58.0 Å². The third kappa shape index (κ3) is 6.09. The molecule has 0 saturated carbocycles. The number of aryl methyl sites for hydroxylation is 3. The molecular formula is C29H31N3O4S. The van der Waals surface area contributed by atoms with Gasteiger partial charge >= 0.3 is 0 Å². The molecule has 4 aromatic rings. The van der Waals surface area contributed by atoms with E-state index in [4.69, 9.17) is 10.5 Å². The lowest BCUT2D eigenvalue weighted by Crippen LogP contribution is -2.21. The van der Waals surface area contributed by atoms with Gasteiger partial charge in [0.1, 0.15) is 17.6 Å². The van der Waals surface area contributed by atoms with Crippen molar-refractivity contribution in [2.45, 2.75) is 45.2 Å². The fourth-order valence-corrected chi connectivity index (χ4v) is 5.68. The van der Waals surface area contributed by atoms with Crippen LogP contribution in [-0.4, -0.2) is 29.7 Å². The van der Waals surface area contributed by atoms with Gasteiger partial charge in [-0.3, -0.25) is 9.48 Å². The Hall–Kier alpha value is -3.91. The Morgan fingerprint density at radius 2 is 1.65 bits per heavy atom. The number of nitrogens with zero attached hydrogens (tertiary/aromatic N) is 2. The second-order valence-electron chi connectivity index (χ2n) is 9.33. The van der Waals surface area contributed by atoms with Crippen molar-refractivity contribution in [1.82, 2.24) is 9.78 Å². The van der Waals surface area contributed by atoms with Crippen LogP contribution >= 0.6 is 0 Å². The zero-order valence-electron chi connectivity index (χ0n) is 21.4. The first-order valence-electron chi connectivity index (χ1n) is 12.0. The van der Waals surface area contributed by atoms with Gasteiger partial charge in [0.05, 0.1) is 11.4 Å². The number of anilines is 1. The second-order valence-corrected chi connectivity index (χ2v) is 11.3. The molecular weight excluding hydrogens is 486 g/mol. The lowest BCUT2D eigenvalue weighted by atomic mass is 10.00. The van der Waals surface area contributed by atoms with Crippen molar-refractivity contribution in [3.63, 3.8) is 0 Å². The fourth-order valence-electron chi connectivity index (χ4n) is 4.42. The molecule has 0 fully saturated rings. The maximum atomic E-state index is 13.4. The van der Waals surface area contributed by atoms with Gasteiger partial charge in [0.2, 0.25) is 5.88 Å². The van der Waals surface area contributed by atoms with Crippen molar-refractivity contribution in [2.24, 2.45) is 0 Å². The molecule has 0 aliphatic heterocycles. The summed E-state index contributed by atoms with van der Waals surface area (Å²) in [4.78, 5) is 13.4. The highest BCUT2D eigenvalue weighted by Crippen LogP contribution is 2.25. The Morgan fingerprint density at radius 3 is 2.30 bits per heavy atom. The summed E-state index contributed by atoms with van der Waals surface area (Å²) in [6.45, 7) is 8.26. The lowest BCUT2D eigenvalue weighted by Gasteiger charge is -2.14. The SMILES string of the molecule is Cc1cc(C)c(Cn2nc(OC(C)c3ccccc3)cc2C(=O)CS(=O)(=O)c2cccc(N)c2)c(C)c1. The smallest absolute Gasteiger partial charge is 0.234 e. The van der Waals surface area contributed by atoms with Gasteiger partial charge in [-0.25, -0.2) is 8.42 Å². The van der Waals surface area contributed by atoms with Crippen LogP contribution in [-0.2, 0) is 16.4 Å². The Morgan fingerprint density at radius 1 is 0.973 bits per heavy atom. The number of ketones is 1. The Bertz CT molecular complexity index is 1520. The van der Waals surface area contributed by atoms with Crippen molar-refractivity contribution >= 4 is 21.3 Å². The van der Waals surface area contributed by atoms with Crippen LogP contribution in [0.4, 0.5) is 5.69 Å². The van der Waals surface area contributed by atoms with Crippen LogP contribution < -0.4 is 10.5 Å².